The van der Waals surface area contributed by atoms with Crippen molar-refractivity contribution >= 4 is 40.0 Å². The molecule has 0 fully saturated rings. The van der Waals surface area contributed by atoms with E-state index in [0.29, 0.717) is 22.9 Å². The van der Waals surface area contributed by atoms with E-state index in [-0.39, 0.29) is 17.6 Å². The third-order valence-electron chi connectivity index (χ3n) is 6.26. The van der Waals surface area contributed by atoms with Gasteiger partial charge >= 0.3 is 0 Å². The summed E-state index contributed by atoms with van der Waals surface area (Å²) in [4.78, 5) is 25.5. The SMILES string of the molecule is COc1cc(C=CC(=O)Nc2ccccc2C(C)C)ccc1NC(=O)c1ccc2c(C)c(O)ccc2c1. The number of aryl methyl sites for hydroxylation is 1. The fourth-order valence-corrected chi connectivity index (χ4v) is 4.18. The van der Waals surface area contributed by atoms with Gasteiger partial charge in [-0.3, -0.25) is 9.59 Å². The van der Waals surface area contributed by atoms with Crippen molar-refractivity contribution in [1.82, 2.24) is 0 Å². The number of nitrogens with one attached hydrogen (secondary N) is 2. The number of fused-ring (bicyclic) bond motifs is 1. The molecule has 0 radical (unpaired) electrons. The Balaban J connectivity index is 1.47. The second-order valence-corrected chi connectivity index (χ2v) is 9.12. The minimum atomic E-state index is -0.280. The van der Waals surface area contributed by atoms with E-state index in [1.54, 1.807) is 48.5 Å². The van der Waals surface area contributed by atoms with Crippen LogP contribution in [0.2, 0.25) is 0 Å². The molecule has 0 aliphatic heterocycles. The third kappa shape index (κ3) is 5.81. The number of phenolic OH excluding ortho intramolecular Hbond substituents is 1. The highest BCUT2D eigenvalue weighted by molar-refractivity contribution is 6.07. The maximum Gasteiger partial charge on any atom is 0.255 e. The summed E-state index contributed by atoms with van der Waals surface area (Å²) in [7, 11) is 1.53. The Morgan fingerprint density at radius 1 is 0.919 bits per heavy atom. The van der Waals surface area contributed by atoms with E-state index in [1.807, 2.05) is 37.3 Å². The zero-order chi connectivity index (χ0) is 26.5. The number of hydrogen-bond donors (Lipinski definition) is 3. The Bertz CT molecular complexity index is 1500. The van der Waals surface area contributed by atoms with Crippen molar-refractivity contribution in [1.29, 1.82) is 0 Å². The lowest BCUT2D eigenvalue weighted by Gasteiger charge is -2.13. The first-order valence-electron chi connectivity index (χ1n) is 12.1. The molecule has 4 aromatic carbocycles. The van der Waals surface area contributed by atoms with Gasteiger partial charge in [-0.25, -0.2) is 0 Å². The van der Waals surface area contributed by atoms with Crippen molar-refractivity contribution in [3.05, 3.63) is 101 Å². The molecule has 0 bridgehead atoms. The molecular formula is C31H30N2O4. The summed E-state index contributed by atoms with van der Waals surface area (Å²) < 4.78 is 5.49. The van der Waals surface area contributed by atoms with Gasteiger partial charge in [0.05, 0.1) is 12.8 Å². The average Bonchev–Trinajstić information content (AvgIpc) is 2.90. The summed E-state index contributed by atoms with van der Waals surface area (Å²) >= 11 is 0. The van der Waals surface area contributed by atoms with Crippen LogP contribution in [0.3, 0.4) is 0 Å². The molecule has 188 valence electrons. The van der Waals surface area contributed by atoms with Crippen molar-refractivity contribution in [3.63, 3.8) is 0 Å². The Kier molecular flexibility index (Phi) is 7.58. The van der Waals surface area contributed by atoms with E-state index in [0.717, 1.165) is 33.2 Å². The van der Waals surface area contributed by atoms with Crippen LogP contribution in [0.5, 0.6) is 11.5 Å². The monoisotopic (exact) mass is 494 g/mol. The molecule has 0 aliphatic rings. The molecule has 6 nitrogen and oxygen atoms in total. The summed E-state index contributed by atoms with van der Waals surface area (Å²) in [5.41, 5.74) is 4.40. The quantitative estimate of drug-likeness (QED) is 0.244. The van der Waals surface area contributed by atoms with Gasteiger partial charge in [0.1, 0.15) is 11.5 Å². The fraction of sp³-hybridized carbons (Fsp3) is 0.161. The molecular weight excluding hydrogens is 464 g/mol. The van der Waals surface area contributed by atoms with E-state index in [4.69, 9.17) is 4.74 Å². The van der Waals surface area contributed by atoms with E-state index >= 15 is 0 Å². The molecule has 0 heterocycles. The van der Waals surface area contributed by atoms with E-state index < -0.39 is 0 Å². The molecule has 0 saturated heterocycles. The second kappa shape index (κ2) is 11.0. The normalized spacial score (nSPS) is 11.2. The van der Waals surface area contributed by atoms with Crippen LogP contribution in [-0.2, 0) is 4.79 Å². The van der Waals surface area contributed by atoms with Gasteiger partial charge in [0.2, 0.25) is 5.91 Å². The molecule has 0 atom stereocenters. The highest BCUT2D eigenvalue weighted by Crippen LogP contribution is 2.29. The van der Waals surface area contributed by atoms with Gasteiger partial charge < -0.3 is 20.5 Å². The lowest BCUT2D eigenvalue weighted by molar-refractivity contribution is -0.111. The van der Waals surface area contributed by atoms with Crippen molar-refractivity contribution in [2.75, 3.05) is 17.7 Å². The standard InChI is InChI=1S/C31H30N2O4/c1-19(2)24-7-5-6-8-26(24)32-30(35)16-10-21-9-14-27(29(17-21)37-4)33-31(36)23-11-13-25-20(3)28(34)15-12-22(25)18-23/h5-19,34H,1-4H3,(H,32,35)(H,33,36). The summed E-state index contributed by atoms with van der Waals surface area (Å²) in [5.74, 6) is 0.477. The maximum absolute atomic E-state index is 12.9. The van der Waals surface area contributed by atoms with Crippen LogP contribution in [0.4, 0.5) is 11.4 Å². The van der Waals surface area contributed by atoms with Crippen LogP contribution in [0, 0.1) is 6.92 Å². The Labute approximate surface area is 216 Å². The highest BCUT2D eigenvalue weighted by Gasteiger charge is 2.13. The number of carbonyl (C=O) groups excluding carboxylic acids is 2. The summed E-state index contributed by atoms with van der Waals surface area (Å²) in [5, 5.41) is 17.5. The molecule has 37 heavy (non-hydrogen) atoms. The predicted molar refractivity (Wildman–Crippen MR) is 149 cm³/mol. The Morgan fingerprint density at radius 3 is 2.46 bits per heavy atom. The average molecular weight is 495 g/mol. The van der Waals surface area contributed by atoms with Gasteiger partial charge in [-0.1, -0.05) is 50.2 Å². The number of amides is 2. The number of methoxy groups -OCH3 is 1. The summed E-state index contributed by atoms with van der Waals surface area (Å²) in [6.45, 7) is 6.01. The smallest absolute Gasteiger partial charge is 0.255 e. The first kappa shape index (κ1) is 25.5. The van der Waals surface area contributed by atoms with E-state index in [9.17, 15) is 14.7 Å². The van der Waals surface area contributed by atoms with Crippen LogP contribution >= 0.6 is 0 Å². The number of rotatable bonds is 7. The zero-order valence-electron chi connectivity index (χ0n) is 21.3. The van der Waals surface area contributed by atoms with Gasteiger partial charge in [-0.05, 0) is 82.8 Å². The molecule has 2 amide bonds. The molecule has 3 N–H and O–H groups in total. The zero-order valence-corrected chi connectivity index (χ0v) is 21.3. The first-order valence-corrected chi connectivity index (χ1v) is 12.1. The minimum absolute atomic E-state index is 0.224. The van der Waals surface area contributed by atoms with Crippen LogP contribution in [-0.4, -0.2) is 24.0 Å². The van der Waals surface area contributed by atoms with Gasteiger partial charge in [0.15, 0.2) is 0 Å². The number of anilines is 2. The maximum atomic E-state index is 12.9. The molecule has 0 aromatic heterocycles. The molecule has 4 rings (SSSR count). The first-order chi connectivity index (χ1) is 17.8. The second-order valence-electron chi connectivity index (χ2n) is 9.12. The number of phenols is 1. The minimum Gasteiger partial charge on any atom is -0.508 e. The van der Waals surface area contributed by atoms with Gasteiger partial charge in [-0.15, -0.1) is 0 Å². The third-order valence-corrected chi connectivity index (χ3v) is 6.26. The predicted octanol–water partition coefficient (Wildman–Crippen LogP) is 6.89. The number of carbonyl (C=O) groups is 2. The number of benzene rings is 4. The Morgan fingerprint density at radius 2 is 1.70 bits per heavy atom. The Hall–Kier alpha value is -4.58. The van der Waals surface area contributed by atoms with E-state index in [1.165, 1.54) is 13.2 Å². The summed E-state index contributed by atoms with van der Waals surface area (Å²) in [6.07, 6.45) is 3.17. The summed E-state index contributed by atoms with van der Waals surface area (Å²) in [6, 6.07) is 21.8. The number of hydrogen-bond acceptors (Lipinski definition) is 4. The topological polar surface area (TPSA) is 87.7 Å². The molecule has 0 aliphatic carbocycles. The molecule has 0 unspecified atom stereocenters. The fourth-order valence-electron chi connectivity index (χ4n) is 4.18. The van der Waals surface area contributed by atoms with Gasteiger partial charge in [0.25, 0.3) is 5.91 Å². The van der Waals surface area contributed by atoms with Gasteiger partial charge in [-0.2, -0.15) is 0 Å². The van der Waals surface area contributed by atoms with Crippen LogP contribution in [0.15, 0.2) is 78.9 Å². The van der Waals surface area contributed by atoms with Crippen molar-refractivity contribution in [3.8, 4) is 11.5 Å². The van der Waals surface area contributed by atoms with Crippen molar-refractivity contribution < 1.29 is 19.4 Å². The largest absolute Gasteiger partial charge is 0.508 e. The van der Waals surface area contributed by atoms with Crippen molar-refractivity contribution in [2.45, 2.75) is 26.7 Å². The highest BCUT2D eigenvalue weighted by atomic mass is 16.5. The van der Waals surface area contributed by atoms with Crippen LogP contribution in [0.1, 0.15) is 46.8 Å². The molecule has 0 saturated carbocycles. The lowest BCUT2D eigenvalue weighted by Crippen LogP contribution is -2.12. The number of ether oxygens (including phenoxy) is 1. The van der Waals surface area contributed by atoms with Gasteiger partial charge in [0, 0.05) is 17.3 Å². The molecule has 6 heteroatoms. The van der Waals surface area contributed by atoms with Crippen molar-refractivity contribution in [2.24, 2.45) is 0 Å². The molecule has 4 aromatic rings. The number of aromatic hydroxyl groups is 1. The lowest BCUT2D eigenvalue weighted by atomic mass is 10.0. The van der Waals surface area contributed by atoms with Crippen LogP contribution < -0.4 is 15.4 Å². The number of para-hydroxylation sites is 1. The van der Waals surface area contributed by atoms with Crippen LogP contribution in [0.25, 0.3) is 16.8 Å². The van der Waals surface area contributed by atoms with E-state index in [2.05, 4.69) is 24.5 Å². The molecule has 0 spiro atoms.